The van der Waals surface area contributed by atoms with Crippen LogP contribution in [-0.4, -0.2) is 28.7 Å². The Kier molecular flexibility index (Phi) is 12.5. The molecule has 0 aliphatic heterocycles. The quantitative estimate of drug-likeness (QED) is 0.136. The summed E-state index contributed by atoms with van der Waals surface area (Å²) in [5, 5.41) is 29.2. The minimum absolute atomic E-state index is 0.351. The Bertz CT molecular complexity index is 5590. The molecule has 8 nitrogen and oxygen atoms in total. The van der Waals surface area contributed by atoms with Crippen molar-refractivity contribution < 1.29 is 0 Å². The van der Waals surface area contributed by atoms with Gasteiger partial charge in [-0.2, -0.15) is 10.5 Å². The molecular weight excluding hydrogens is 1110 g/mol. The van der Waals surface area contributed by atoms with Gasteiger partial charge in [0.1, 0.15) is 6.07 Å². The van der Waals surface area contributed by atoms with Crippen LogP contribution in [-0.2, 0) is 0 Å². The van der Waals surface area contributed by atoms with Gasteiger partial charge in [0.05, 0.1) is 67.4 Å². The highest BCUT2D eigenvalue weighted by molar-refractivity contribution is 6.15. The molecular formula is C83H50N8. The van der Waals surface area contributed by atoms with Crippen LogP contribution in [0.1, 0.15) is 11.1 Å². The second kappa shape index (κ2) is 21.6. The lowest BCUT2D eigenvalue weighted by Crippen LogP contribution is -2.08. The topological polar surface area (TPSA) is 101 Å². The van der Waals surface area contributed by atoms with Crippen LogP contribution in [0.4, 0.5) is 0 Å². The Hall–Kier alpha value is -12.8. The van der Waals surface area contributed by atoms with Crippen LogP contribution in [0.2, 0.25) is 0 Å². The van der Waals surface area contributed by atoms with Crippen molar-refractivity contribution >= 4 is 65.4 Å². The summed E-state index contributed by atoms with van der Waals surface area (Å²) in [7, 11) is 0. The summed E-state index contributed by atoms with van der Waals surface area (Å²) in [6.45, 7) is 0. The average molecular weight is 1160 g/mol. The number of nitrogens with zero attached hydrogens (tertiary/aromatic N) is 8. The lowest BCUT2D eigenvalue weighted by atomic mass is 10.0. The summed E-state index contributed by atoms with van der Waals surface area (Å²) in [5.41, 5.74) is 19.7. The Morgan fingerprint density at radius 1 is 0.242 bits per heavy atom. The third-order valence-electron chi connectivity index (χ3n) is 17.7. The van der Waals surface area contributed by atoms with Crippen LogP contribution in [0.25, 0.3) is 161 Å². The summed E-state index contributed by atoms with van der Waals surface area (Å²) in [6.07, 6.45) is 0. The van der Waals surface area contributed by atoms with Gasteiger partial charge in [0.2, 0.25) is 0 Å². The van der Waals surface area contributed by atoms with Crippen molar-refractivity contribution in [3.63, 3.8) is 0 Å². The van der Waals surface area contributed by atoms with Gasteiger partial charge in [-0.25, -0.2) is 15.0 Å². The first-order chi connectivity index (χ1) is 45.0. The average Bonchev–Trinajstić information content (AvgIpc) is 1.61. The van der Waals surface area contributed by atoms with Crippen LogP contribution in [0, 0.1) is 22.7 Å². The van der Waals surface area contributed by atoms with Gasteiger partial charge in [-0.1, -0.05) is 212 Å². The first-order valence-electron chi connectivity index (χ1n) is 30.4. The second-order valence-corrected chi connectivity index (χ2v) is 23.0. The van der Waals surface area contributed by atoms with E-state index in [0.29, 0.717) is 45.4 Å². The van der Waals surface area contributed by atoms with Gasteiger partial charge < -0.3 is 13.7 Å². The van der Waals surface area contributed by atoms with E-state index in [1.807, 2.05) is 78.9 Å². The zero-order valence-electron chi connectivity index (χ0n) is 48.9. The molecule has 0 bridgehead atoms. The molecule has 91 heavy (non-hydrogen) atoms. The zero-order chi connectivity index (χ0) is 60.5. The molecule has 17 aromatic rings. The summed E-state index contributed by atoms with van der Waals surface area (Å²) < 4.78 is 6.86. The number of nitriles is 2. The van der Waals surface area contributed by atoms with Crippen molar-refractivity contribution in [3.05, 3.63) is 314 Å². The Morgan fingerprint density at radius 3 is 1.03 bits per heavy atom. The molecule has 0 amide bonds. The third-order valence-corrected chi connectivity index (χ3v) is 17.7. The highest BCUT2D eigenvalue weighted by Gasteiger charge is 2.27. The van der Waals surface area contributed by atoms with Crippen LogP contribution >= 0.6 is 0 Å². The fraction of sp³-hybridized carbons (Fsp3) is 0. The zero-order valence-corrected chi connectivity index (χ0v) is 48.9. The molecule has 13 aromatic carbocycles. The van der Waals surface area contributed by atoms with Gasteiger partial charge in [0, 0.05) is 49.0 Å². The van der Waals surface area contributed by atoms with Crippen molar-refractivity contribution in [2.45, 2.75) is 0 Å². The smallest absolute Gasteiger partial charge is 0.166 e. The van der Waals surface area contributed by atoms with E-state index in [-0.39, 0.29) is 0 Å². The first-order valence-corrected chi connectivity index (χ1v) is 30.4. The van der Waals surface area contributed by atoms with Gasteiger partial charge >= 0.3 is 0 Å². The first kappa shape index (κ1) is 52.6. The Morgan fingerprint density at radius 2 is 0.604 bits per heavy atom. The molecule has 0 atom stereocenters. The van der Waals surface area contributed by atoms with E-state index in [0.717, 1.165) is 127 Å². The van der Waals surface area contributed by atoms with Gasteiger partial charge in [-0.15, -0.1) is 0 Å². The molecule has 4 aromatic heterocycles. The van der Waals surface area contributed by atoms with Crippen molar-refractivity contribution in [1.29, 1.82) is 10.5 Å². The van der Waals surface area contributed by atoms with Gasteiger partial charge in [-0.3, -0.25) is 0 Å². The fourth-order valence-corrected chi connectivity index (χ4v) is 13.5. The number of benzene rings is 13. The SMILES string of the molecule is N#Cc1ccc(-n2c3ccccc3c3ccccc32)c(-c2nc(-c3ccccc3)nc(-c3cc(C#N)c(-n4c5ccc(-c6ccccc6)cc5c5cc(-c6ccccc6)ccc54)c(-n4c5ccc(-c6ccccc6)cc5c5cc(-c6ccccc6)ccc54)c3)n2)c1. The lowest BCUT2D eigenvalue weighted by Gasteiger charge is -2.20. The third kappa shape index (κ3) is 8.86. The van der Waals surface area contributed by atoms with Crippen LogP contribution in [0.15, 0.2) is 303 Å². The van der Waals surface area contributed by atoms with Gasteiger partial charge in [0.25, 0.3) is 0 Å². The molecule has 0 N–H and O–H groups in total. The molecule has 0 radical (unpaired) electrons. The lowest BCUT2D eigenvalue weighted by molar-refractivity contribution is 1.05. The highest BCUT2D eigenvalue weighted by Crippen LogP contribution is 2.45. The normalized spacial score (nSPS) is 11.5. The van der Waals surface area contributed by atoms with E-state index in [1.54, 1.807) is 0 Å². The fourth-order valence-electron chi connectivity index (χ4n) is 13.5. The van der Waals surface area contributed by atoms with E-state index >= 15 is 0 Å². The summed E-state index contributed by atoms with van der Waals surface area (Å²) in [6, 6.07) is 111. The van der Waals surface area contributed by atoms with E-state index < -0.39 is 0 Å². The van der Waals surface area contributed by atoms with Crippen LogP contribution in [0.5, 0.6) is 0 Å². The van der Waals surface area contributed by atoms with E-state index in [4.69, 9.17) is 15.0 Å². The Balaban J connectivity index is 0.989. The largest absolute Gasteiger partial charge is 0.309 e. The molecule has 8 heteroatoms. The van der Waals surface area contributed by atoms with Gasteiger partial charge in [0.15, 0.2) is 17.5 Å². The molecule has 4 heterocycles. The molecule has 0 unspecified atom stereocenters. The summed E-state index contributed by atoms with van der Waals surface area (Å²) in [5.74, 6) is 1.15. The second-order valence-electron chi connectivity index (χ2n) is 23.0. The standard InChI is InChI=1S/C83H50N8/c84-51-53-34-39-78(89-72-32-18-16-30-65(72)66-31-17-19-33-73(66)89)71(44-53)83-87-81(58-28-14-5-15-29-58)86-82(88-83)63-45-64(52-85)80(91-76-42-37-61(56-24-10-3-11-25-56)48-69(76)70-49-62(38-43-77(70)91)57-26-12-4-13-27-57)79(50-63)90-74-40-35-59(54-20-6-1-7-21-54)46-67(74)68-47-60(36-41-75(68)90)55-22-8-2-9-23-55/h1-50H. The monoisotopic (exact) mass is 1160 g/mol. The maximum atomic E-state index is 12.2. The number of para-hydroxylation sites is 2. The molecule has 0 spiro atoms. The number of rotatable bonds is 10. The van der Waals surface area contributed by atoms with E-state index in [1.165, 1.54) is 0 Å². The van der Waals surface area contributed by atoms with Crippen molar-refractivity contribution in [2.75, 3.05) is 0 Å². The van der Waals surface area contributed by atoms with Crippen LogP contribution < -0.4 is 0 Å². The summed E-state index contributed by atoms with van der Waals surface area (Å²) in [4.78, 5) is 16.2. The minimum atomic E-state index is 0.351. The molecule has 0 fully saturated rings. The number of fused-ring (bicyclic) bond motifs is 9. The van der Waals surface area contributed by atoms with E-state index in [9.17, 15) is 10.5 Å². The molecule has 0 aliphatic carbocycles. The van der Waals surface area contributed by atoms with Gasteiger partial charge in [-0.05, 0) is 136 Å². The minimum Gasteiger partial charge on any atom is -0.309 e. The predicted molar refractivity (Wildman–Crippen MR) is 370 cm³/mol. The summed E-state index contributed by atoms with van der Waals surface area (Å²) >= 11 is 0. The maximum Gasteiger partial charge on any atom is 0.166 e. The highest BCUT2D eigenvalue weighted by atomic mass is 15.1. The van der Waals surface area contributed by atoms with Crippen molar-refractivity contribution in [2.24, 2.45) is 0 Å². The number of hydrogen-bond donors (Lipinski definition) is 0. The Labute approximate surface area is 524 Å². The number of aromatic nitrogens is 6. The molecule has 17 rings (SSSR count). The van der Waals surface area contributed by atoms with Crippen molar-refractivity contribution in [3.8, 4) is 108 Å². The maximum absolute atomic E-state index is 12.2. The number of hydrogen-bond acceptors (Lipinski definition) is 5. The molecule has 422 valence electrons. The molecule has 0 aliphatic rings. The molecule has 0 saturated heterocycles. The van der Waals surface area contributed by atoms with E-state index in [2.05, 4.69) is 250 Å². The van der Waals surface area contributed by atoms with Crippen molar-refractivity contribution in [1.82, 2.24) is 28.7 Å². The molecule has 0 saturated carbocycles. The van der Waals surface area contributed by atoms with Crippen LogP contribution in [0.3, 0.4) is 0 Å². The predicted octanol–water partition coefficient (Wildman–Crippen LogP) is 20.6.